The van der Waals surface area contributed by atoms with Crippen molar-refractivity contribution in [2.45, 2.75) is 33.3 Å². The van der Waals surface area contributed by atoms with E-state index in [2.05, 4.69) is 13.8 Å². The van der Waals surface area contributed by atoms with Crippen LogP contribution < -0.4 is 0 Å². The maximum atomic E-state index is 4.87. The van der Waals surface area contributed by atoms with Crippen LogP contribution in [0.1, 0.15) is 27.2 Å². The van der Waals surface area contributed by atoms with Crippen molar-refractivity contribution in [1.29, 1.82) is 0 Å². The minimum Gasteiger partial charge on any atom is -0.382 e. The molecule has 2 heteroatoms. The van der Waals surface area contributed by atoms with Crippen molar-refractivity contribution >= 4 is 0 Å². The van der Waals surface area contributed by atoms with Crippen LogP contribution in [0.25, 0.3) is 0 Å². The Hall–Kier alpha value is -0.0800. The van der Waals surface area contributed by atoms with Crippen molar-refractivity contribution in [2.75, 3.05) is 20.8 Å². The van der Waals surface area contributed by atoms with E-state index in [-0.39, 0.29) is 6.10 Å². The molecular weight excluding hydrogens is 128 g/mol. The second-order valence-electron chi connectivity index (χ2n) is 2.21. The highest BCUT2D eigenvalue weighted by Crippen LogP contribution is 1.84. The maximum Gasteiger partial charge on any atom is 0.0776 e. The molecule has 64 valence electrons. The van der Waals surface area contributed by atoms with Gasteiger partial charge in [-0.2, -0.15) is 0 Å². The molecule has 0 radical (unpaired) electrons. The molecule has 0 saturated carbocycles. The van der Waals surface area contributed by atoms with Crippen LogP contribution in [0, 0.1) is 0 Å². The van der Waals surface area contributed by atoms with Crippen molar-refractivity contribution in [1.82, 2.24) is 0 Å². The molecule has 0 spiro atoms. The van der Waals surface area contributed by atoms with Crippen LogP contribution in [-0.2, 0) is 9.47 Å². The van der Waals surface area contributed by atoms with Gasteiger partial charge in [0.15, 0.2) is 0 Å². The molecule has 0 rings (SSSR count). The Morgan fingerprint density at radius 3 is 1.70 bits per heavy atom. The van der Waals surface area contributed by atoms with Crippen molar-refractivity contribution in [2.24, 2.45) is 0 Å². The van der Waals surface area contributed by atoms with Crippen molar-refractivity contribution in [3.63, 3.8) is 0 Å². The molecule has 0 aliphatic carbocycles. The summed E-state index contributed by atoms with van der Waals surface area (Å²) in [6.07, 6.45) is 1.48. The minimum absolute atomic E-state index is 0.227. The predicted octanol–water partition coefficient (Wildman–Crippen LogP) is 2.08. The maximum absolute atomic E-state index is 4.87. The van der Waals surface area contributed by atoms with Gasteiger partial charge in [0.1, 0.15) is 0 Å². The molecule has 0 bridgehead atoms. The monoisotopic (exact) mass is 148 g/mol. The first-order valence-electron chi connectivity index (χ1n) is 3.74. The first kappa shape index (κ1) is 12.6. The topological polar surface area (TPSA) is 18.5 Å². The molecule has 0 aromatic heterocycles. The zero-order valence-electron chi connectivity index (χ0n) is 7.81. The van der Waals surface area contributed by atoms with Gasteiger partial charge < -0.3 is 9.47 Å². The van der Waals surface area contributed by atoms with Gasteiger partial charge in [0.25, 0.3) is 0 Å². The highest BCUT2D eigenvalue weighted by atomic mass is 16.5. The molecular formula is C8H20O2. The molecule has 1 unspecified atom stereocenters. The van der Waals surface area contributed by atoms with Crippen LogP contribution in [0.4, 0.5) is 0 Å². The van der Waals surface area contributed by atoms with Gasteiger partial charge >= 0.3 is 0 Å². The molecule has 0 fully saturated rings. The van der Waals surface area contributed by atoms with Crippen molar-refractivity contribution < 1.29 is 9.47 Å². The summed E-state index contributed by atoms with van der Waals surface area (Å²) in [6.45, 7) is 6.89. The third-order valence-corrected chi connectivity index (χ3v) is 0.804. The standard InChI is InChI=1S/C5H12O2.C3H8/c1-5(7-3)4-6-2;1-3-2/h5H,4H2,1-3H3;3H2,1-2H3. The summed E-state index contributed by atoms with van der Waals surface area (Å²) < 4.78 is 9.64. The fourth-order valence-corrected chi connectivity index (χ4v) is 0.303. The molecule has 0 aromatic carbocycles. The normalized spacial score (nSPS) is 11.7. The van der Waals surface area contributed by atoms with Crippen LogP contribution >= 0.6 is 0 Å². The van der Waals surface area contributed by atoms with E-state index >= 15 is 0 Å². The smallest absolute Gasteiger partial charge is 0.0776 e. The fourth-order valence-electron chi connectivity index (χ4n) is 0.303. The van der Waals surface area contributed by atoms with Crippen LogP contribution in [0.15, 0.2) is 0 Å². The lowest BCUT2D eigenvalue weighted by molar-refractivity contribution is 0.0401. The van der Waals surface area contributed by atoms with Crippen LogP contribution in [0.5, 0.6) is 0 Å². The third kappa shape index (κ3) is 15.7. The fraction of sp³-hybridized carbons (Fsp3) is 1.00. The third-order valence-electron chi connectivity index (χ3n) is 0.804. The molecule has 0 amide bonds. The van der Waals surface area contributed by atoms with Crippen molar-refractivity contribution in [3.8, 4) is 0 Å². The van der Waals surface area contributed by atoms with Crippen LogP contribution in [0.3, 0.4) is 0 Å². The van der Waals surface area contributed by atoms with Gasteiger partial charge in [-0.3, -0.25) is 0 Å². The summed E-state index contributed by atoms with van der Waals surface area (Å²) >= 11 is 0. The van der Waals surface area contributed by atoms with E-state index in [0.717, 1.165) is 0 Å². The lowest BCUT2D eigenvalue weighted by Crippen LogP contribution is -2.11. The van der Waals surface area contributed by atoms with Crippen LogP contribution in [-0.4, -0.2) is 26.9 Å². The van der Waals surface area contributed by atoms with Gasteiger partial charge in [0, 0.05) is 14.2 Å². The number of hydrogen-bond donors (Lipinski definition) is 0. The molecule has 10 heavy (non-hydrogen) atoms. The predicted molar refractivity (Wildman–Crippen MR) is 44.3 cm³/mol. The van der Waals surface area contributed by atoms with Gasteiger partial charge in [-0.15, -0.1) is 0 Å². The highest BCUT2D eigenvalue weighted by molar-refractivity contribution is 4.41. The average molecular weight is 148 g/mol. The van der Waals surface area contributed by atoms with Gasteiger partial charge in [0.05, 0.1) is 12.7 Å². The van der Waals surface area contributed by atoms with E-state index in [4.69, 9.17) is 9.47 Å². The van der Waals surface area contributed by atoms with Gasteiger partial charge in [-0.05, 0) is 6.92 Å². The second-order valence-corrected chi connectivity index (χ2v) is 2.21. The largest absolute Gasteiger partial charge is 0.382 e. The Labute approximate surface area is 64.5 Å². The van der Waals surface area contributed by atoms with E-state index in [0.29, 0.717) is 6.61 Å². The molecule has 0 N–H and O–H groups in total. The molecule has 0 heterocycles. The molecule has 0 aliphatic heterocycles. The zero-order chi connectivity index (χ0) is 8.41. The van der Waals surface area contributed by atoms with E-state index in [1.807, 2.05) is 6.92 Å². The summed E-state index contributed by atoms with van der Waals surface area (Å²) in [5.74, 6) is 0. The molecule has 2 nitrogen and oxygen atoms in total. The Bertz CT molecular complexity index is 46.5. The Morgan fingerprint density at radius 2 is 1.60 bits per heavy atom. The Morgan fingerprint density at radius 1 is 1.20 bits per heavy atom. The van der Waals surface area contributed by atoms with Gasteiger partial charge in [-0.25, -0.2) is 0 Å². The number of ether oxygens (including phenoxy) is 2. The first-order valence-corrected chi connectivity index (χ1v) is 3.74. The summed E-state index contributed by atoms with van der Waals surface area (Å²) in [6, 6.07) is 0. The van der Waals surface area contributed by atoms with E-state index in [1.54, 1.807) is 14.2 Å². The molecule has 1 atom stereocenters. The van der Waals surface area contributed by atoms with E-state index in [1.165, 1.54) is 6.42 Å². The quantitative estimate of drug-likeness (QED) is 0.610. The zero-order valence-corrected chi connectivity index (χ0v) is 7.81. The van der Waals surface area contributed by atoms with Gasteiger partial charge in [-0.1, -0.05) is 20.3 Å². The number of rotatable bonds is 3. The summed E-state index contributed by atoms with van der Waals surface area (Å²) in [5.41, 5.74) is 0. The molecule has 0 saturated heterocycles. The van der Waals surface area contributed by atoms with Crippen LogP contribution in [0.2, 0.25) is 0 Å². The lowest BCUT2D eigenvalue weighted by Gasteiger charge is -2.05. The van der Waals surface area contributed by atoms with Crippen molar-refractivity contribution in [3.05, 3.63) is 0 Å². The van der Waals surface area contributed by atoms with E-state index < -0.39 is 0 Å². The summed E-state index contributed by atoms with van der Waals surface area (Å²) in [5, 5.41) is 0. The minimum atomic E-state index is 0.227. The summed E-state index contributed by atoms with van der Waals surface area (Å²) in [7, 11) is 3.33. The second kappa shape index (κ2) is 11.7. The lowest BCUT2D eigenvalue weighted by atomic mass is 10.4. The molecule has 0 aliphatic rings. The first-order chi connectivity index (χ1) is 4.72. The highest BCUT2D eigenvalue weighted by Gasteiger charge is 1.93. The SMILES string of the molecule is CCC.COCC(C)OC. The molecule has 0 aromatic rings. The summed E-state index contributed by atoms with van der Waals surface area (Å²) in [4.78, 5) is 0. The number of methoxy groups -OCH3 is 2. The van der Waals surface area contributed by atoms with Gasteiger partial charge in [0.2, 0.25) is 0 Å². The Balaban J connectivity index is 0. The Kier molecular flexibility index (Phi) is 14.7. The average Bonchev–Trinajstić information content (AvgIpc) is 1.90. The van der Waals surface area contributed by atoms with E-state index in [9.17, 15) is 0 Å². The number of hydrogen-bond acceptors (Lipinski definition) is 2.